The summed E-state index contributed by atoms with van der Waals surface area (Å²) in [4.78, 5) is 14.5. The molecule has 2 rings (SSSR count). The van der Waals surface area contributed by atoms with Crippen LogP contribution in [0.25, 0.3) is 0 Å². The molecule has 1 aromatic heterocycles. The van der Waals surface area contributed by atoms with Crippen LogP contribution in [0.5, 0.6) is 0 Å². The highest BCUT2D eigenvalue weighted by Crippen LogP contribution is 2.16. The normalized spacial score (nSPS) is 16.8. The van der Waals surface area contributed by atoms with Crippen molar-refractivity contribution in [3.05, 3.63) is 21.9 Å². The second kappa shape index (κ2) is 6.20. The summed E-state index contributed by atoms with van der Waals surface area (Å²) < 4.78 is 0. The number of nitrogens with two attached hydrogens (primary N) is 1. The first-order valence-electron chi connectivity index (χ1n) is 5.06. The molecule has 2 heterocycles. The zero-order valence-corrected chi connectivity index (χ0v) is 10.6. The van der Waals surface area contributed by atoms with Crippen LogP contribution >= 0.6 is 23.7 Å². The van der Waals surface area contributed by atoms with Crippen LogP contribution in [0.4, 0.5) is 0 Å². The molecule has 0 aliphatic carbocycles. The number of hydrogen-bond acceptors (Lipinski definition) is 4. The zero-order valence-electron chi connectivity index (χ0n) is 8.94. The number of piperazine rings is 1. The smallest absolute Gasteiger partial charge is 0.249 e. The number of amides is 1. The van der Waals surface area contributed by atoms with Gasteiger partial charge in [0.2, 0.25) is 5.91 Å². The molecular formula is C10H16ClN3OS. The number of carbonyl (C=O) groups is 1. The van der Waals surface area contributed by atoms with Crippen LogP contribution in [0.2, 0.25) is 0 Å². The van der Waals surface area contributed by atoms with Crippen molar-refractivity contribution in [2.45, 2.75) is 6.54 Å². The van der Waals surface area contributed by atoms with E-state index in [-0.39, 0.29) is 18.3 Å². The van der Waals surface area contributed by atoms with E-state index in [0.717, 1.165) is 32.7 Å². The van der Waals surface area contributed by atoms with Gasteiger partial charge in [-0.2, -0.15) is 0 Å². The van der Waals surface area contributed by atoms with Crippen molar-refractivity contribution in [2.24, 2.45) is 5.73 Å². The van der Waals surface area contributed by atoms with Crippen molar-refractivity contribution in [1.29, 1.82) is 0 Å². The maximum Gasteiger partial charge on any atom is 0.249 e. The summed E-state index contributed by atoms with van der Waals surface area (Å²) in [5, 5.41) is 5.14. The van der Waals surface area contributed by atoms with Gasteiger partial charge < -0.3 is 11.1 Å². The summed E-state index contributed by atoms with van der Waals surface area (Å²) in [7, 11) is 0. The van der Waals surface area contributed by atoms with Gasteiger partial charge in [-0.3, -0.25) is 9.69 Å². The Morgan fingerprint density at radius 2 is 2.19 bits per heavy atom. The maximum atomic E-state index is 10.9. The Hall–Kier alpha value is -0.620. The molecular weight excluding hydrogens is 246 g/mol. The lowest BCUT2D eigenvalue weighted by molar-refractivity contribution is 0.100. The third-order valence-corrected chi connectivity index (χ3v) is 3.45. The molecule has 1 saturated heterocycles. The van der Waals surface area contributed by atoms with Crippen molar-refractivity contribution < 1.29 is 4.79 Å². The lowest BCUT2D eigenvalue weighted by Gasteiger charge is -2.26. The third-order valence-electron chi connectivity index (χ3n) is 2.53. The molecule has 1 aromatic rings. The van der Waals surface area contributed by atoms with Gasteiger partial charge in [-0.25, -0.2) is 0 Å². The summed E-state index contributed by atoms with van der Waals surface area (Å²) in [6.45, 7) is 5.18. The Bertz CT molecular complexity index is 350. The minimum Gasteiger partial charge on any atom is -0.366 e. The summed E-state index contributed by atoms with van der Waals surface area (Å²) in [6, 6.07) is 1.90. The van der Waals surface area contributed by atoms with Crippen molar-refractivity contribution in [2.75, 3.05) is 26.2 Å². The summed E-state index contributed by atoms with van der Waals surface area (Å²) >= 11 is 1.61. The molecule has 0 saturated carbocycles. The summed E-state index contributed by atoms with van der Waals surface area (Å²) in [5.74, 6) is -0.335. The molecule has 4 nitrogen and oxygen atoms in total. The Morgan fingerprint density at radius 1 is 1.50 bits per heavy atom. The molecule has 90 valence electrons. The molecule has 16 heavy (non-hydrogen) atoms. The van der Waals surface area contributed by atoms with Crippen LogP contribution in [0.3, 0.4) is 0 Å². The predicted octanol–water partition coefficient (Wildman–Crippen LogP) is 0.674. The topological polar surface area (TPSA) is 58.4 Å². The number of halogens is 1. The molecule has 1 aliphatic rings. The molecule has 6 heteroatoms. The second-order valence-corrected chi connectivity index (χ2v) is 4.69. The monoisotopic (exact) mass is 261 g/mol. The van der Waals surface area contributed by atoms with Gasteiger partial charge in [-0.1, -0.05) is 0 Å². The Morgan fingerprint density at radius 3 is 2.75 bits per heavy atom. The number of carbonyl (C=O) groups excluding carboxylic acids is 1. The average molecular weight is 262 g/mol. The first-order chi connectivity index (χ1) is 7.25. The van der Waals surface area contributed by atoms with E-state index in [0.29, 0.717) is 5.56 Å². The van der Waals surface area contributed by atoms with E-state index in [1.54, 1.807) is 11.3 Å². The third kappa shape index (κ3) is 3.45. The maximum absolute atomic E-state index is 10.9. The van der Waals surface area contributed by atoms with Crippen molar-refractivity contribution >= 4 is 29.7 Å². The first-order valence-corrected chi connectivity index (χ1v) is 5.94. The fraction of sp³-hybridized carbons (Fsp3) is 0.500. The fourth-order valence-electron chi connectivity index (χ4n) is 1.68. The minimum atomic E-state index is -0.335. The van der Waals surface area contributed by atoms with Gasteiger partial charge in [0.1, 0.15) is 0 Å². The van der Waals surface area contributed by atoms with Gasteiger partial charge in [0, 0.05) is 43.0 Å². The van der Waals surface area contributed by atoms with E-state index >= 15 is 0 Å². The molecule has 1 aliphatic heterocycles. The van der Waals surface area contributed by atoms with Crippen LogP contribution < -0.4 is 11.1 Å². The Kier molecular flexibility index (Phi) is 5.21. The molecule has 0 spiro atoms. The molecule has 0 atom stereocenters. The first kappa shape index (κ1) is 13.4. The lowest BCUT2D eigenvalue weighted by atomic mass is 10.3. The van der Waals surface area contributed by atoms with E-state index in [9.17, 15) is 4.79 Å². The molecule has 3 N–H and O–H groups in total. The van der Waals surface area contributed by atoms with Gasteiger partial charge >= 0.3 is 0 Å². The van der Waals surface area contributed by atoms with Crippen LogP contribution in [0, 0.1) is 0 Å². The van der Waals surface area contributed by atoms with Gasteiger partial charge in [-0.05, 0) is 6.07 Å². The van der Waals surface area contributed by atoms with Crippen LogP contribution in [-0.4, -0.2) is 37.0 Å². The highest BCUT2D eigenvalue weighted by Gasteiger charge is 2.12. The lowest BCUT2D eigenvalue weighted by Crippen LogP contribution is -2.42. The zero-order chi connectivity index (χ0) is 10.7. The van der Waals surface area contributed by atoms with Crippen molar-refractivity contribution in [3.63, 3.8) is 0 Å². The van der Waals surface area contributed by atoms with Gasteiger partial charge in [0.15, 0.2) is 0 Å². The predicted molar refractivity (Wildman–Crippen MR) is 68.2 cm³/mol. The van der Waals surface area contributed by atoms with Crippen LogP contribution in [0.1, 0.15) is 15.2 Å². The molecule has 0 bridgehead atoms. The second-order valence-electron chi connectivity index (χ2n) is 3.69. The number of nitrogens with zero attached hydrogens (tertiary/aromatic N) is 1. The van der Waals surface area contributed by atoms with Gasteiger partial charge in [0.25, 0.3) is 0 Å². The number of thiophene rings is 1. The number of nitrogens with one attached hydrogen (secondary N) is 1. The van der Waals surface area contributed by atoms with Crippen LogP contribution in [0.15, 0.2) is 11.4 Å². The van der Waals surface area contributed by atoms with Crippen molar-refractivity contribution in [3.8, 4) is 0 Å². The SMILES string of the molecule is Cl.NC(=O)c1csc(CN2CCNCC2)c1. The molecule has 1 amide bonds. The molecule has 1 fully saturated rings. The number of rotatable bonds is 3. The quantitative estimate of drug-likeness (QED) is 0.841. The molecule has 0 radical (unpaired) electrons. The highest BCUT2D eigenvalue weighted by atomic mass is 35.5. The number of primary amides is 1. The van der Waals surface area contributed by atoms with E-state index in [4.69, 9.17) is 5.73 Å². The van der Waals surface area contributed by atoms with Gasteiger partial charge in [0.05, 0.1) is 5.56 Å². The molecule has 0 aromatic carbocycles. The fourth-order valence-corrected chi connectivity index (χ4v) is 2.60. The van der Waals surface area contributed by atoms with Crippen LogP contribution in [-0.2, 0) is 6.54 Å². The van der Waals surface area contributed by atoms with Crippen molar-refractivity contribution in [1.82, 2.24) is 10.2 Å². The number of hydrogen-bond donors (Lipinski definition) is 2. The van der Waals surface area contributed by atoms with E-state index in [1.165, 1.54) is 4.88 Å². The van der Waals surface area contributed by atoms with E-state index < -0.39 is 0 Å². The Labute approximate surface area is 105 Å². The molecule has 0 unspecified atom stereocenters. The average Bonchev–Trinajstić information content (AvgIpc) is 2.68. The summed E-state index contributed by atoms with van der Waals surface area (Å²) in [6.07, 6.45) is 0. The largest absolute Gasteiger partial charge is 0.366 e. The van der Waals surface area contributed by atoms with E-state index in [2.05, 4.69) is 10.2 Å². The standard InChI is InChI=1S/C10H15N3OS.ClH/c11-10(14)8-5-9(15-7-8)6-13-3-1-12-2-4-13;/h5,7,12H,1-4,6H2,(H2,11,14);1H. The minimum absolute atomic E-state index is 0. The van der Waals surface area contributed by atoms with Gasteiger partial charge in [-0.15, -0.1) is 23.7 Å². The Balaban J connectivity index is 0.00000128. The highest BCUT2D eigenvalue weighted by molar-refractivity contribution is 7.10. The van der Waals surface area contributed by atoms with E-state index in [1.807, 2.05) is 11.4 Å². The summed E-state index contributed by atoms with van der Waals surface area (Å²) in [5.41, 5.74) is 5.83.